The van der Waals surface area contributed by atoms with Gasteiger partial charge in [-0.2, -0.15) is 12.6 Å². The van der Waals surface area contributed by atoms with Crippen molar-refractivity contribution in [1.29, 1.82) is 0 Å². The minimum absolute atomic E-state index is 0.112. The maximum atomic E-state index is 10.5. The summed E-state index contributed by atoms with van der Waals surface area (Å²) in [6.07, 6.45) is 1.13. The lowest BCUT2D eigenvalue weighted by Gasteiger charge is -2.00. The lowest BCUT2D eigenvalue weighted by molar-refractivity contribution is -0.385. The average molecular weight is 224 g/mol. The van der Waals surface area contributed by atoms with E-state index in [-0.39, 0.29) is 11.6 Å². The quantitative estimate of drug-likeness (QED) is 0.355. The van der Waals surface area contributed by atoms with Gasteiger partial charge in [0.05, 0.1) is 23.3 Å². The minimum atomic E-state index is -0.529. The molecule has 0 bridgehead atoms. The summed E-state index contributed by atoms with van der Waals surface area (Å²) in [5.74, 6) is 6.01. The monoisotopic (exact) mass is 224 g/mol. The van der Waals surface area contributed by atoms with Gasteiger partial charge in [0, 0.05) is 6.07 Å². The minimum Gasteiger partial charge on any atom is -0.480 e. The fourth-order valence-electron chi connectivity index (χ4n) is 0.928. The predicted octanol–water partition coefficient (Wildman–Crippen LogP) is 1.28. The van der Waals surface area contributed by atoms with Crippen LogP contribution in [0.15, 0.2) is 12.3 Å². The van der Waals surface area contributed by atoms with Crippen LogP contribution in [-0.4, -0.2) is 22.8 Å². The van der Waals surface area contributed by atoms with E-state index in [2.05, 4.69) is 29.5 Å². The highest BCUT2D eigenvalue weighted by molar-refractivity contribution is 7.80. The molecule has 0 aromatic carbocycles. The second kappa shape index (κ2) is 5.22. The zero-order chi connectivity index (χ0) is 11.3. The Bertz CT molecular complexity index is 437. The fourth-order valence-corrected chi connectivity index (χ4v) is 1.01. The van der Waals surface area contributed by atoms with Crippen LogP contribution in [0.2, 0.25) is 0 Å². The highest BCUT2D eigenvalue weighted by atomic mass is 32.1. The van der Waals surface area contributed by atoms with Crippen LogP contribution in [0, 0.1) is 22.0 Å². The lowest BCUT2D eigenvalue weighted by Crippen LogP contribution is -1.95. The Morgan fingerprint density at radius 2 is 2.47 bits per heavy atom. The summed E-state index contributed by atoms with van der Waals surface area (Å²) in [7, 11) is 1.43. The van der Waals surface area contributed by atoms with Gasteiger partial charge < -0.3 is 4.74 Å². The number of pyridine rings is 1. The molecule has 0 aliphatic carbocycles. The number of hydrogen-bond donors (Lipinski definition) is 1. The number of methoxy groups -OCH3 is 1. The zero-order valence-electron chi connectivity index (χ0n) is 7.93. The van der Waals surface area contributed by atoms with Gasteiger partial charge in [0.15, 0.2) is 0 Å². The van der Waals surface area contributed by atoms with Crippen molar-refractivity contribution in [3.05, 3.63) is 27.9 Å². The van der Waals surface area contributed by atoms with E-state index in [1.165, 1.54) is 13.2 Å². The van der Waals surface area contributed by atoms with Crippen LogP contribution in [-0.2, 0) is 0 Å². The molecule has 1 heterocycles. The summed E-state index contributed by atoms with van der Waals surface area (Å²) in [6, 6.07) is 1.32. The summed E-state index contributed by atoms with van der Waals surface area (Å²) in [5.41, 5.74) is 0.278. The van der Waals surface area contributed by atoms with E-state index in [0.29, 0.717) is 11.3 Å². The van der Waals surface area contributed by atoms with E-state index in [0.717, 1.165) is 6.20 Å². The number of thiol groups is 1. The third-order valence-electron chi connectivity index (χ3n) is 1.54. The number of hydrogen-bond acceptors (Lipinski definition) is 5. The average Bonchev–Trinajstić information content (AvgIpc) is 2.25. The molecule has 0 atom stereocenters. The molecule has 78 valence electrons. The van der Waals surface area contributed by atoms with Gasteiger partial charge in [0.1, 0.15) is 6.20 Å². The molecule has 15 heavy (non-hydrogen) atoms. The van der Waals surface area contributed by atoms with Crippen LogP contribution in [0.1, 0.15) is 5.56 Å². The number of nitro groups is 1. The molecule has 0 spiro atoms. The smallest absolute Gasteiger partial charge is 0.289 e. The normalized spacial score (nSPS) is 8.93. The Hall–Kier alpha value is -1.74. The maximum absolute atomic E-state index is 10.5. The molecule has 1 aromatic heterocycles. The molecule has 1 rings (SSSR count). The molecule has 0 amide bonds. The van der Waals surface area contributed by atoms with E-state index in [9.17, 15) is 10.1 Å². The molecular weight excluding hydrogens is 216 g/mol. The number of aromatic nitrogens is 1. The molecule has 0 unspecified atom stereocenters. The zero-order valence-corrected chi connectivity index (χ0v) is 8.82. The van der Waals surface area contributed by atoms with Crippen LogP contribution in [0.3, 0.4) is 0 Å². The van der Waals surface area contributed by atoms with E-state index in [1.54, 1.807) is 0 Å². The van der Waals surface area contributed by atoms with Crippen LogP contribution < -0.4 is 4.74 Å². The van der Waals surface area contributed by atoms with Gasteiger partial charge in [-0.3, -0.25) is 10.1 Å². The van der Waals surface area contributed by atoms with Gasteiger partial charge in [0.25, 0.3) is 5.69 Å². The molecule has 0 saturated heterocycles. The highest BCUT2D eigenvalue weighted by Crippen LogP contribution is 2.19. The Morgan fingerprint density at radius 1 is 1.73 bits per heavy atom. The molecule has 0 aliphatic heterocycles. The van der Waals surface area contributed by atoms with Gasteiger partial charge >= 0.3 is 0 Å². The molecule has 6 heteroatoms. The summed E-state index contributed by atoms with van der Waals surface area (Å²) in [4.78, 5) is 13.7. The molecule has 0 aliphatic rings. The van der Waals surface area contributed by atoms with Crippen LogP contribution >= 0.6 is 12.6 Å². The van der Waals surface area contributed by atoms with Gasteiger partial charge in [-0.25, -0.2) is 4.98 Å². The summed E-state index contributed by atoms with van der Waals surface area (Å²) in [6.45, 7) is 0. The van der Waals surface area contributed by atoms with Crippen molar-refractivity contribution in [3.8, 4) is 17.7 Å². The largest absolute Gasteiger partial charge is 0.480 e. The topological polar surface area (TPSA) is 65.3 Å². The maximum Gasteiger partial charge on any atom is 0.289 e. The Morgan fingerprint density at radius 3 is 3.00 bits per heavy atom. The number of nitrogens with zero attached hydrogens (tertiary/aromatic N) is 2. The summed E-state index contributed by atoms with van der Waals surface area (Å²) < 4.78 is 4.92. The molecule has 0 radical (unpaired) electrons. The van der Waals surface area contributed by atoms with Crippen molar-refractivity contribution in [1.82, 2.24) is 4.98 Å². The van der Waals surface area contributed by atoms with Crippen molar-refractivity contribution in [3.63, 3.8) is 0 Å². The Kier molecular flexibility index (Phi) is 3.94. The van der Waals surface area contributed by atoms with E-state index >= 15 is 0 Å². The molecular formula is C9H8N2O3S. The predicted molar refractivity (Wildman–Crippen MR) is 58.2 cm³/mol. The van der Waals surface area contributed by atoms with Crippen molar-refractivity contribution < 1.29 is 9.66 Å². The van der Waals surface area contributed by atoms with Gasteiger partial charge in [-0.15, -0.1) is 0 Å². The third kappa shape index (κ3) is 2.86. The fraction of sp³-hybridized carbons (Fsp3) is 0.222. The van der Waals surface area contributed by atoms with Crippen LogP contribution in [0.4, 0.5) is 5.69 Å². The van der Waals surface area contributed by atoms with Gasteiger partial charge in [0.2, 0.25) is 5.88 Å². The SMILES string of the molecule is COc1ncc([N+](=O)[O-])cc1C#CCS. The second-order valence-corrected chi connectivity index (χ2v) is 2.78. The highest BCUT2D eigenvalue weighted by Gasteiger charge is 2.10. The number of rotatable bonds is 2. The van der Waals surface area contributed by atoms with Crippen molar-refractivity contribution in [2.75, 3.05) is 12.9 Å². The third-order valence-corrected chi connectivity index (χ3v) is 1.70. The second-order valence-electron chi connectivity index (χ2n) is 2.47. The first-order valence-corrected chi connectivity index (χ1v) is 4.60. The Balaban J connectivity index is 3.19. The first-order chi connectivity index (χ1) is 7.19. The van der Waals surface area contributed by atoms with Crippen LogP contribution in [0.5, 0.6) is 5.88 Å². The lowest BCUT2D eigenvalue weighted by atomic mass is 10.2. The molecule has 1 aromatic rings. The van der Waals surface area contributed by atoms with E-state index in [1.807, 2.05) is 0 Å². The van der Waals surface area contributed by atoms with Crippen molar-refractivity contribution in [2.24, 2.45) is 0 Å². The van der Waals surface area contributed by atoms with Crippen molar-refractivity contribution >= 4 is 18.3 Å². The molecule has 0 N–H and O–H groups in total. The van der Waals surface area contributed by atoms with E-state index < -0.39 is 4.92 Å². The van der Waals surface area contributed by atoms with Gasteiger partial charge in [-0.1, -0.05) is 11.8 Å². The molecule has 0 fully saturated rings. The first-order valence-electron chi connectivity index (χ1n) is 3.97. The van der Waals surface area contributed by atoms with E-state index in [4.69, 9.17) is 4.74 Å². The molecule has 0 saturated carbocycles. The van der Waals surface area contributed by atoms with Crippen molar-refractivity contribution in [2.45, 2.75) is 0 Å². The summed E-state index contributed by atoms with van der Waals surface area (Å²) >= 11 is 3.91. The number of ether oxygens (including phenoxy) is 1. The first kappa shape index (κ1) is 11.3. The molecule has 5 nitrogen and oxygen atoms in total. The summed E-state index contributed by atoms with van der Waals surface area (Å²) in [5, 5.41) is 10.5. The van der Waals surface area contributed by atoms with Crippen LogP contribution in [0.25, 0.3) is 0 Å². The standard InChI is InChI=1S/C9H8N2O3S/c1-14-9-7(3-2-4-15)5-8(6-10-9)11(12)13/h5-6,15H,4H2,1H3. The van der Waals surface area contributed by atoms with Gasteiger partial charge in [-0.05, 0) is 0 Å². The Labute approximate surface area is 92.0 Å².